The van der Waals surface area contributed by atoms with Crippen LogP contribution in [-0.4, -0.2) is 66.9 Å². The average molecular weight is 488 g/mol. The second-order valence-corrected chi connectivity index (χ2v) is 6.61. The van der Waals surface area contributed by atoms with E-state index in [9.17, 15) is 9.59 Å². The van der Waals surface area contributed by atoms with E-state index in [-0.39, 0.29) is 0 Å². The lowest BCUT2D eigenvalue weighted by Gasteiger charge is -2.13. The number of amides is 2. The maximum absolute atomic E-state index is 12.0. The maximum Gasteiger partial charge on any atom is 0.249 e. The van der Waals surface area contributed by atoms with Gasteiger partial charge >= 0.3 is 0 Å². The van der Waals surface area contributed by atoms with Crippen LogP contribution < -0.4 is 39.3 Å². The molecule has 0 bridgehead atoms. The summed E-state index contributed by atoms with van der Waals surface area (Å²) in [6, 6.07) is 6.70. The summed E-state index contributed by atoms with van der Waals surface area (Å²) in [6.45, 7) is 0. The highest BCUT2D eigenvalue weighted by atomic mass is 16.5. The largest absolute Gasteiger partial charge is 0.493 e. The van der Waals surface area contributed by atoms with Gasteiger partial charge in [0.1, 0.15) is 6.42 Å². The van der Waals surface area contributed by atoms with Crippen LogP contribution in [0.15, 0.2) is 34.5 Å². The number of carbonyl (C=O) groups excluding carboxylic acids is 2. The Hall–Kier alpha value is -4.48. The number of hydrazone groups is 2. The molecular weight excluding hydrogens is 460 g/mol. The predicted molar refractivity (Wildman–Crippen MR) is 128 cm³/mol. The number of benzene rings is 2. The molecule has 2 aromatic rings. The van der Waals surface area contributed by atoms with E-state index in [1.807, 2.05) is 0 Å². The monoisotopic (exact) mass is 488 g/mol. The Bertz CT molecular complexity index is 1020. The first kappa shape index (κ1) is 26.8. The van der Waals surface area contributed by atoms with Crippen molar-refractivity contribution in [1.82, 2.24) is 10.9 Å². The normalized spacial score (nSPS) is 10.7. The van der Waals surface area contributed by atoms with Gasteiger partial charge in [-0.1, -0.05) is 0 Å². The van der Waals surface area contributed by atoms with E-state index in [0.717, 1.165) is 0 Å². The summed E-state index contributed by atoms with van der Waals surface area (Å²) in [4.78, 5) is 24.1. The summed E-state index contributed by atoms with van der Waals surface area (Å²) in [5.41, 5.74) is 5.61. The SMILES string of the molecule is COc1ccc(/C=N/NC(=O)CC(=O)N/N=C/c2ccc(OC)c(OC)c2OC)c(OC)c1OC. The summed E-state index contributed by atoms with van der Waals surface area (Å²) in [5.74, 6) is 1.20. The first-order chi connectivity index (χ1) is 16.9. The maximum atomic E-state index is 12.0. The number of nitrogens with zero attached hydrogens (tertiary/aromatic N) is 2. The molecule has 12 heteroatoms. The van der Waals surface area contributed by atoms with Gasteiger partial charge in [0.2, 0.25) is 23.3 Å². The van der Waals surface area contributed by atoms with Crippen molar-refractivity contribution in [2.45, 2.75) is 6.42 Å². The van der Waals surface area contributed by atoms with Gasteiger partial charge in [-0.25, -0.2) is 10.9 Å². The van der Waals surface area contributed by atoms with Gasteiger partial charge in [-0.05, 0) is 24.3 Å². The van der Waals surface area contributed by atoms with Gasteiger partial charge in [0.15, 0.2) is 23.0 Å². The number of carbonyl (C=O) groups is 2. The van der Waals surface area contributed by atoms with Crippen molar-refractivity contribution in [3.05, 3.63) is 35.4 Å². The van der Waals surface area contributed by atoms with Gasteiger partial charge in [-0.3, -0.25) is 9.59 Å². The minimum atomic E-state index is -0.642. The highest BCUT2D eigenvalue weighted by Crippen LogP contribution is 2.39. The smallest absolute Gasteiger partial charge is 0.249 e. The van der Waals surface area contributed by atoms with Crippen molar-refractivity contribution < 1.29 is 38.0 Å². The Labute approximate surface area is 202 Å². The number of hydrogen-bond donors (Lipinski definition) is 2. The van der Waals surface area contributed by atoms with Crippen LogP contribution in [0.2, 0.25) is 0 Å². The Morgan fingerprint density at radius 3 is 1.31 bits per heavy atom. The second-order valence-electron chi connectivity index (χ2n) is 6.61. The zero-order valence-corrected chi connectivity index (χ0v) is 20.3. The molecule has 0 spiro atoms. The number of ether oxygens (including phenoxy) is 6. The lowest BCUT2D eigenvalue weighted by atomic mass is 10.2. The first-order valence-corrected chi connectivity index (χ1v) is 10.2. The fraction of sp³-hybridized carbons (Fsp3) is 0.304. The molecule has 0 unspecified atom stereocenters. The fourth-order valence-corrected chi connectivity index (χ4v) is 3.02. The van der Waals surface area contributed by atoms with Crippen molar-refractivity contribution >= 4 is 24.2 Å². The van der Waals surface area contributed by atoms with Crippen LogP contribution in [0.5, 0.6) is 34.5 Å². The van der Waals surface area contributed by atoms with Crippen molar-refractivity contribution in [1.29, 1.82) is 0 Å². The Morgan fingerprint density at radius 2 is 1.00 bits per heavy atom. The number of rotatable bonds is 12. The Kier molecular flexibility index (Phi) is 10.2. The molecular formula is C23H28N4O8. The zero-order chi connectivity index (χ0) is 25.8. The number of methoxy groups -OCH3 is 6. The average Bonchev–Trinajstić information content (AvgIpc) is 2.87. The number of hydrogen-bond acceptors (Lipinski definition) is 10. The van der Waals surface area contributed by atoms with Crippen LogP contribution in [0.3, 0.4) is 0 Å². The predicted octanol–water partition coefficient (Wildman–Crippen LogP) is 1.73. The molecule has 2 N–H and O–H groups in total. The molecule has 2 rings (SSSR count). The highest BCUT2D eigenvalue weighted by molar-refractivity contribution is 5.98. The molecule has 0 fully saturated rings. The standard InChI is InChI=1S/C23H28N4O8/c1-30-16-9-7-14(20(32-3)22(16)34-5)12-24-26-18(28)11-19(29)27-25-13-15-8-10-17(31-2)23(35-6)21(15)33-4/h7-10,12-13H,11H2,1-6H3,(H,26,28)(H,27,29)/b24-12+,25-13+. The van der Waals surface area contributed by atoms with Gasteiger partial charge in [0.05, 0.1) is 55.1 Å². The molecule has 188 valence electrons. The summed E-state index contributed by atoms with van der Waals surface area (Å²) < 4.78 is 31.7. The Morgan fingerprint density at radius 1 is 0.629 bits per heavy atom. The van der Waals surface area contributed by atoms with Gasteiger partial charge in [-0.15, -0.1) is 0 Å². The van der Waals surface area contributed by atoms with Crippen LogP contribution in [0.25, 0.3) is 0 Å². The van der Waals surface area contributed by atoms with Crippen molar-refractivity contribution in [3.63, 3.8) is 0 Å². The molecule has 0 aliphatic carbocycles. The minimum Gasteiger partial charge on any atom is -0.493 e. The molecule has 35 heavy (non-hydrogen) atoms. The Balaban J connectivity index is 1.97. The number of nitrogens with one attached hydrogen (secondary N) is 2. The van der Waals surface area contributed by atoms with Gasteiger partial charge in [0.25, 0.3) is 0 Å². The van der Waals surface area contributed by atoms with Gasteiger partial charge in [0, 0.05) is 11.1 Å². The van der Waals surface area contributed by atoms with Gasteiger partial charge in [-0.2, -0.15) is 10.2 Å². The molecule has 0 aliphatic rings. The molecule has 0 radical (unpaired) electrons. The van der Waals surface area contributed by atoms with Crippen LogP contribution in [-0.2, 0) is 9.59 Å². The van der Waals surface area contributed by atoms with Crippen LogP contribution >= 0.6 is 0 Å². The molecule has 0 saturated carbocycles. The second kappa shape index (κ2) is 13.3. The molecule has 0 aromatic heterocycles. The molecule has 0 aliphatic heterocycles. The fourth-order valence-electron chi connectivity index (χ4n) is 3.02. The zero-order valence-electron chi connectivity index (χ0n) is 20.3. The summed E-state index contributed by atoms with van der Waals surface area (Å²) >= 11 is 0. The lowest BCUT2D eigenvalue weighted by Crippen LogP contribution is -2.27. The summed E-state index contributed by atoms with van der Waals surface area (Å²) in [5, 5.41) is 7.72. The van der Waals surface area contributed by atoms with Crippen LogP contribution in [0.4, 0.5) is 0 Å². The topological polar surface area (TPSA) is 138 Å². The van der Waals surface area contributed by atoms with E-state index in [1.165, 1.54) is 55.1 Å². The summed E-state index contributed by atoms with van der Waals surface area (Å²) in [7, 11) is 8.90. The highest BCUT2D eigenvalue weighted by Gasteiger charge is 2.16. The van der Waals surface area contributed by atoms with E-state index in [1.54, 1.807) is 24.3 Å². The van der Waals surface area contributed by atoms with E-state index < -0.39 is 18.2 Å². The van der Waals surface area contributed by atoms with Crippen LogP contribution in [0.1, 0.15) is 17.5 Å². The molecule has 12 nitrogen and oxygen atoms in total. The van der Waals surface area contributed by atoms with Gasteiger partial charge < -0.3 is 28.4 Å². The quantitative estimate of drug-likeness (QED) is 0.262. The van der Waals surface area contributed by atoms with E-state index in [0.29, 0.717) is 45.6 Å². The molecule has 0 heterocycles. The lowest BCUT2D eigenvalue weighted by molar-refractivity contribution is -0.129. The third kappa shape index (κ3) is 6.76. The molecule has 2 amide bonds. The van der Waals surface area contributed by atoms with E-state index >= 15 is 0 Å². The third-order valence-corrected chi connectivity index (χ3v) is 4.58. The molecule has 2 aromatic carbocycles. The van der Waals surface area contributed by atoms with E-state index in [2.05, 4.69) is 21.1 Å². The van der Waals surface area contributed by atoms with Crippen molar-refractivity contribution in [3.8, 4) is 34.5 Å². The summed E-state index contributed by atoms with van der Waals surface area (Å²) in [6.07, 6.45) is 2.22. The van der Waals surface area contributed by atoms with E-state index in [4.69, 9.17) is 28.4 Å². The minimum absolute atomic E-state index is 0.377. The molecule has 0 atom stereocenters. The van der Waals surface area contributed by atoms with Crippen molar-refractivity contribution in [2.24, 2.45) is 10.2 Å². The third-order valence-electron chi connectivity index (χ3n) is 4.58. The van der Waals surface area contributed by atoms with Crippen LogP contribution in [0, 0.1) is 0 Å². The first-order valence-electron chi connectivity index (χ1n) is 10.2. The van der Waals surface area contributed by atoms with Crippen molar-refractivity contribution in [2.75, 3.05) is 42.7 Å². The molecule has 0 saturated heterocycles.